The van der Waals surface area contributed by atoms with Crippen molar-refractivity contribution in [3.8, 4) is 0 Å². The predicted molar refractivity (Wildman–Crippen MR) is 76.6 cm³/mol. The van der Waals surface area contributed by atoms with E-state index in [0.717, 1.165) is 23.9 Å². The van der Waals surface area contributed by atoms with Gasteiger partial charge in [0.1, 0.15) is 11.3 Å². The van der Waals surface area contributed by atoms with E-state index in [0.29, 0.717) is 12.3 Å². The third-order valence-electron chi connectivity index (χ3n) is 3.67. The molecule has 1 fully saturated rings. The standard InChI is InChI=1S/C15H19N3O2/c1-15(2)9-11(5-7-20-15)17-14(19)12-8-10-4-3-6-16-13(10)18-12/h3-4,6,8,11H,5,7,9H2,1-2H3,(H,16,18)(H,17,19)/t11-/m0/s1. The third kappa shape index (κ3) is 2.67. The number of fused-ring (bicyclic) bond motifs is 1. The van der Waals surface area contributed by atoms with Crippen molar-refractivity contribution in [2.45, 2.75) is 38.3 Å². The first-order chi connectivity index (χ1) is 9.53. The average Bonchev–Trinajstić information content (AvgIpc) is 2.81. The normalized spacial score (nSPS) is 21.8. The first-order valence-electron chi connectivity index (χ1n) is 6.92. The molecule has 0 bridgehead atoms. The Morgan fingerprint density at radius 1 is 1.55 bits per heavy atom. The second-order valence-electron chi connectivity index (χ2n) is 5.90. The lowest BCUT2D eigenvalue weighted by Gasteiger charge is -2.35. The van der Waals surface area contributed by atoms with E-state index in [4.69, 9.17) is 4.74 Å². The Morgan fingerprint density at radius 3 is 3.15 bits per heavy atom. The molecule has 0 unspecified atom stereocenters. The van der Waals surface area contributed by atoms with Gasteiger partial charge in [-0.15, -0.1) is 0 Å². The van der Waals surface area contributed by atoms with Crippen LogP contribution in [0.25, 0.3) is 11.0 Å². The van der Waals surface area contributed by atoms with Gasteiger partial charge in [0, 0.05) is 24.2 Å². The summed E-state index contributed by atoms with van der Waals surface area (Å²) < 4.78 is 5.66. The molecule has 106 valence electrons. The number of hydrogen-bond donors (Lipinski definition) is 2. The molecule has 0 aliphatic carbocycles. The van der Waals surface area contributed by atoms with Crippen molar-refractivity contribution in [2.24, 2.45) is 0 Å². The highest BCUT2D eigenvalue weighted by molar-refractivity contribution is 5.97. The summed E-state index contributed by atoms with van der Waals surface area (Å²) >= 11 is 0. The van der Waals surface area contributed by atoms with Crippen molar-refractivity contribution in [1.82, 2.24) is 15.3 Å². The molecule has 1 atom stereocenters. The number of carbonyl (C=O) groups is 1. The average molecular weight is 273 g/mol. The Kier molecular flexibility index (Phi) is 3.22. The van der Waals surface area contributed by atoms with Gasteiger partial charge >= 0.3 is 0 Å². The van der Waals surface area contributed by atoms with Crippen LogP contribution in [0.2, 0.25) is 0 Å². The van der Waals surface area contributed by atoms with Gasteiger partial charge in [-0.25, -0.2) is 4.98 Å². The maximum atomic E-state index is 12.3. The maximum absolute atomic E-state index is 12.3. The van der Waals surface area contributed by atoms with E-state index in [9.17, 15) is 4.79 Å². The number of rotatable bonds is 2. The smallest absolute Gasteiger partial charge is 0.267 e. The van der Waals surface area contributed by atoms with Gasteiger partial charge in [0.05, 0.1) is 5.60 Å². The number of aromatic amines is 1. The molecule has 2 aromatic heterocycles. The minimum absolute atomic E-state index is 0.0781. The Bertz CT molecular complexity index is 600. The summed E-state index contributed by atoms with van der Waals surface area (Å²) in [7, 11) is 0. The van der Waals surface area contributed by atoms with Crippen LogP contribution in [-0.4, -0.2) is 34.1 Å². The molecule has 1 saturated heterocycles. The Morgan fingerprint density at radius 2 is 2.40 bits per heavy atom. The Labute approximate surface area is 117 Å². The molecule has 20 heavy (non-hydrogen) atoms. The molecule has 0 spiro atoms. The van der Waals surface area contributed by atoms with Crippen LogP contribution in [0.5, 0.6) is 0 Å². The zero-order chi connectivity index (χ0) is 14.2. The Hall–Kier alpha value is -1.88. The topological polar surface area (TPSA) is 67.0 Å². The zero-order valence-electron chi connectivity index (χ0n) is 11.8. The van der Waals surface area contributed by atoms with Crippen molar-refractivity contribution < 1.29 is 9.53 Å². The fourth-order valence-electron chi connectivity index (χ4n) is 2.70. The number of hydrogen-bond acceptors (Lipinski definition) is 3. The number of pyridine rings is 1. The maximum Gasteiger partial charge on any atom is 0.267 e. The molecule has 3 rings (SSSR count). The number of H-pyrrole nitrogens is 1. The molecule has 0 aromatic carbocycles. The van der Waals surface area contributed by atoms with Crippen LogP contribution in [-0.2, 0) is 4.74 Å². The molecule has 1 aliphatic rings. The molecule has 5 nitrogen and oxygen atoms in total. The van der Waals surface area contributed by atoms with Crippen LogP contribution in [0.15, 0.2) is 24.4 Å². The van der Waals surface area contributed by atoms with E-state index >= 15 is 0 Å². The van der Waals surface area contributed by atoms with Crippen molar-refractivity contribution in [3.63, 3.8) is 0 Å². The molecule has 2 N–H and O–H groups in total. The van der Waals surface area contributed by atoms with Gasteiger partial charge in [0.15, 0.2) is 0 Å². The first-order valence-corrected chi connectivity index (χ1v) is 6.92. The number of aromatic nitrogens is 2. The quantitative estimate of drug-likeness (QED) is 0.882. The van der Waals surface area contributed by atoms with E-state index < -0.39 is 0 Å². The number of amides is 1. The monoisotopic (exact) mass is 273 g/mol. The first kappa shape index (κ1) is 13.1. The van der Waals surface area contributed by atoms with Crippen molar-refractivity contribution in [1.29, 1.82) is 0 Å². The molecule has 0 saturated carbocycles. The zero-order valence-corrected chi connectivity index (χ0v) is 11.8. The van der Waals surface area contributed by atoms with Gasteiger partial charge in [-0.1, -0.05) is 0 Å². The molecule has 3 heterocycles. The van der Waals surface area contributed by atoms with Crippen molar-refractivity contribution in [2.75, 3.05) is 6.61 Å². The lowest BCUT2D eigenvalue weighted by Crippen LogP contribution is -2.45. The lowest BCUT2D eigenvalue weighted by atomic mass is 9.94. The van der Waals surface area contributed by atoms with Crippen LogP contribution in [0.3, 0.4) is 0 Å². The molecular formula is C15H19N3O2. The highest BCUT2D eigenvalue weighted by atomic mass is 16.5. The minimum atomic E-state index is -0.168. The molecule has 0 radical (unpaired) electrons. The SMILES string of the molecule is CC1(C)C[C@@H](NC(=O)c2cc3cccnc3[nH]2)CCO1. The van der Waals surface area contributed by atoms with Gasteiger partial charge in [0.2, 0.25) is 0 Å². The lowest BCUT2D eigenvalue weighted by molar-refractivity contribution is -0.0615. The summed E-state index contributed by atoms with van der Waals surface area (Å²) in [6.45, 7) is 4.79. The highest BCUT2D eigenvalue weighted by Gasteiger charge is 2.30. The molecule has 1 aliphatic heterocycles. The second-order valence-corrected chi connectivity index (χ2v) is 5.90. The predicted octanol–water partition coefficient (Wildman–Crippen LogP) is 2.25. The molecule has 5 heteroatoms. The number of carbonyl (C=O) groups excluding carboxylic acids is 1. The minimum Gasteiger partial charge on any atom is -0.375 e. The van der Waals surface area contributed by atoms with Gasteiger partial charge in [-0.3, -0.25) is 4.79 Å². The summed E-state index contributed by atoms with van der Waals surface area (Å²) in [5.74, 6) is -0.0781. The van der Waals surface area contributed by atoms with Gasteiger partial charge in [0.25, 0.3) is 5.91 Å². The summed E-state index contributed by atoms with van der Waals surface area (Å²) in [6.07, 6.45) is 3.40. The number of nitrogens with one attached hydrogen (secondary N) is 2. The molecule has 1 amide bonds. The third-order valence-corrected chi connectivity index (χ3v) is 3.67. The van der Waals surface area contributed by atoms with Crippen LogP contribution in [0.4, 0.5) is 0 Å². The summed E-state index contributed by atoms with van der Waals surface area (Å²) in [4.78, 5) is 19.5. The van der Waals surface area contributed by atoms with Crippen molar-refractivity contribution in [3.05, 3.63) is 30.1 Å². The molecular weight excluding hydrogens is 254 g/mol. The largest absolute Gasteiger partial charge is 0.375 e. The van der Waals surface area contributed by atoms with Crippen LogP contribution in [0.1, 0.15) is 37.2 Å². The van der Waals surface area contributed by atoms with Gasteiger partial charge in [-0.2, -0.15) is 0 Å². The summed E-state index contributed by atoms with van der Waals surface area (Å²) in [5.41, 5.74) is 1.13. The van der Waals surface area contributed by atoms with Crippen molar-refractivity contribution >= 4 is 16.9 Å². The molecule has 2 aromatic rings. The van der Waals surface area contributed by atoms with E-state index in [-0.39, 0.29) is 17.6 Å². The fourth-order valence-corrected chi connectivity index (χ4v) is 2.70. The van der Waals surface area contributed by atoms with Gasteiger partial charge < -0.3 is 15.0 Å². The van der Waals surface area contributed by atoms with Crippen LogP contribution >= 0.6 is 0 Å². The highest BCUT2D eigenvalue weighted by Crippen LogP contribution is 2.24. The number of nitrogens with zero attached hydrogens (tertiary/aromatic N) is 1. The van der Waals surface area contributed by atoms with E-state index in [2.05, 4.69) is 29.1 Å². The second kappa shape index (κ2) is 4.90. The fraction of sp³-hybridized carbons (Fsp3) is 0.467. The summed E-state index contributed by atoms with van der Waals surface area (Å²) in [6, 6.07) is 5.79. The van der Waals surface area contributed by atoms with Gasteiger partial charge in [-0.05, 0) is 44.9 Å². The Balaban J connectivity index is 1.72. The van der Waals surface area contributed by atoms with E-state index in [1.807, 2.05) is 18.2 Å². The number of ether oxygens (including phenoxy) is 1. The van der Waals surface area contributed by atoms with E-state index in [1.54, 1.807) is 6.20 Å². The van der Waals surface area contributed by atoms with Crippen LogP contribution < -0.4 is 5.32 Å². The van der Waals surface area contributed by atoms with Crippen LogP contribution in [0, 0.1) is 0 Å². The summed E-state index contributed by atoms with van der Waals surface area (Å²) in [5, 5.41) is 4.02. The van der Waals surface area contributed by atoms with E-state index in [1.165, 1.54) is 0 Å².